The number of benzene rings is 1. The molecule has 0 saturated carbocycles. The molecule has 1 saturated heterocycles. The Morgan fingerprint density at radius 3 is 2.70 bits per heavy atom. The van der Waals surface area contributed by atoms with Crippen LogP contribution >= 0.6 is 22.9 Å². The average Bonchev–Trinajstić information content (AvgIpc) is 3.51. The molecule has 3 rings (SSSR count). The average molecular weight is 552 g/mol. The highest BCUT2D eigenvalue weighted by atomic mass is 35.5. The van der Waals surface area contributed by atoms with Gasteiger partial charge >= 0.3 is 5.97 Å². The molecular formula is C24H30ClN5O6S. The monoisotopic (exact) mass is 551 g/mol. The normalized spacial score (nSPS) is 15.7. The van der Waals surface area contributed by atoms with E-state index in [-0.39, 0.29) is 25.0 Å². The van der Waals surface area contributed by atoms with E-state index in [1.54, 1.807) is 30.3 Å². The zero-order valence-electron chi connectivity index (χ0n) is 20.6. The van der Waals surface area contributed by atoms with Crippen LogP contribution in [0, 0.1) is 0 Å². The molecule has 2 atom stereocenters. The van der Waals surface area contributed by atoms with Crippen LogP contribution in [-0.2, 0) is 23.9 Å². The molecule has 0 aliphatic carbocycles. The fourth-order valence-corrected chi connectivity index (χ4v) is 4.78. The molecule has 0 spiro atoms. The van der Waals surface area contributed by atoms with Gasteiger partial charge in [-0.1, -0.05) is 11.6 Å². The van der Waals surface area contributed by atoms with Gasteiger partial charge in [-0.05, 0) is 36.8 Å². The van der Waals surface area contributed by atoms with E-state index in [0.717, 1.165) is 12.1 Å². The lowest BCUT2D eigenvalue weighted by Gasteiger charge is -2.27. The third kappa shape index (κ3) is 8.15. The quantitative estimate of drug-likeness (QED) is 0.268. The first-order valence-electron chi connectivity index (χ1n) is 11.6. The summed E-state index contributed by atoms with van der Waals surface area (Å²) in [6.45, 7) is 2.41. The van der Waals surface area contributed by atoms with Crippen LogP contribution in [0.3, 0.4) is 0 Å². The second-order valence-corrected chi connectivity index (χ2v) is 10.2. The third-order valence-electron chi connectivity index (χ3n) is 5.71. The van der Waals surface area contributed by atoms with E-state index in [1.807, 2.05) is 4.90 Å². The number of hydrogen-bond donors (Lipinski definition) is 3. The van der Waals surface area contributed by atoms with Crippen molar-refractivity contribution in [3.05, 3.63) is 39.5 Å². The Labute approximate surface area is 223 Å². The minimum Gasteiger partial charge on any atom is -0.456 e. The molecule has 2 aromatic rings. The fraction of sp³-hybridized carbons (Fsp3) is 0.417. The zero-order chi connectivity index (χ0) is 26.9. The zero-order valence-corrected chi connectivity index (χ0v) is 22.1. The number of halogens is 1. The number of rotatable bonds is 12. The molecule has 2 unspecified atom stereocenters. The number of hydrogen-bond acceptors (Lipinski definition) is 9. The smallest absolute Gasteiger partial charge is 0.303 e. The molecule has 4 N–H and O–H groups in total. The Bertz CT molecular complexity index is 1130. The van der Waals surface area contributed by atoms with Gasteiger partial charge in [-0.25, -0.2) is 0 Å². The summed E-state index contributed by atoms with van der Waals surface area (Å²) in [4.78, 5) is 51.8. The Morgan fingerprint density at radius 1 is 1.32 bits per heavy atom. The molecule has 0 radical (unpaired) electrons. The van der Waals surface area contributed by atoms with Crippen molar-refractivity contribution in [1.82, 2.24) is 5.32 Å². The molecular weight excluding hydrogens is 522 g/mol. The van der Waals surface area contributed by atoms with Gasteiger partial charge in [0.2, 0.25) is 6.41 Å². The van der Waals surface area contributed by atoms with Crippen molar-refractivity contribution in [3.63, 3.8) is 0 Å². The van der Waals surface area contributed by atoms with Gasteiger partial charge in [0.15, 0.2) is 6.61 Å². The highest BCUT2D eigenvalue weighted by Gasteiger charge is 2.24. The Kier molecular flexibility index (Phi) is 10.3. The lowest BCUT2D eigenvalue weighted by Crippen LogP contribution is -2.41. The van der Waals surface area contributed by atoms with E-state index < -0.39 is 24.6 Å². The molecule has 1 aliphatic heterocycles. The van der Waals surface area contributed by atoms with Gasteiger partial charge in [-0.2, -0.15) is 0 Å². The van der Waals surface area contributed by atoms with Crippen LogP contribution in [0.2, 0.25) is 4.34 Å². The highest BCUT2D eigenvalue weighted by Crippen LogP contribution is 2.33. The number of amides is 3. The number of carbonyl (C=O) groups excluding carboxylic acids is 4. The summed E-state index contributed by atoms with van der Waals surface area (Å²) in [7, 11) is 1.49. The van der Waals surface area contributed by atoms with E-state index >= 15 is 0 Å². The van der Waals surface area contributed by atoms with Gasteiger partial charge in [0.1, 0.15) is 0 Å². The van der Waals surface area contributed by atoms with Crippen LogP contribution in [0.5, 0.6) is 0 Å². The summed E-state index contributed by atoms with van der Waals surface area (Å²) in [5, 5.41) is 5.55. The maximum absolute atomic E-state index is 12.4. The largest absolute Gasteiger partial charge is 0.456 e. The number of thiophene rings is 1. The van der Waals surface area contributed by atoms with E-state index in [0.29, 0.717) is 40.1 Å². The van der Waals surface area contributed by atoms with E-state index in [4.69, 9.17) is 26.8 Å². The number of anilines is 3. The summed E-state index contributed by atoms with van der Waals surface area (Å²) in [5.41, 5.74) is 7.76. The number of ether oxygens (including phenoxy) is 2. The van der Waals surface area contributed by atoms with Crippen molar-refractivity contribution in [3.8, 4) is 0 Å². The number of methoxy groups -OCH3 is 1. The van der Waals surface area contributed by atoms with Crippen LogP contribution in [-0.4, -0.2) is 76.2 Å². The molecule has 1 aliphatic rings. The molecule has 0 bridgehead atoms. The number of nitrogens with one attached hydrogen (secondary N) is 2. The van der Waals surface area contributed by atoms with E-state index in [1.165, 1.54) is 30.3 Å². The van der Waals surface area contributed by atoms with Gasteiger partial charge in [-0.3, -0.25) is 19.2 Å². The number of carbonyl (C=O) groups is 4. The SMILES string of the molecule is COC(CNC(=O)c1ccc(Cl)s1)CN(C=O)c1ccc(N2CCC(N)C2)c(NC(=O)COC(C)=O)c1. The topological polar surface area (TPSA) is 143 Å². The molecule has 200 valence electrons. The van der Waals surface area contributed by atoms with Gasteiger partial charge in [0, 0.05) is 45.4 Å². The van der Waals surface area contributed by atoms with Gasteiger partial charge in [0.25, 0.3) is 11.8 Å². The predicted molar refractivity (Wildman–Crippen MR) is 142 cm³/mol. The van der Waals surface area contributed by atoms with Crippen LogP contribution in [0.15, 0.2) is 30.3 Å². The van der Waals surface area contributed by atoms with Gasteiger partial charge < -0.3 is 35.6 Å². The van der Waals surface area contributed by atoms with Crippen LogP contribution < -0.4 is 26.2 Å². The van der Waals surface area contributed by atoms with Crippen molar-refractivity contribution in [2.24, 2.45) is 5.73 Å². The maximum atomic E-state index is 12.4. The van der Waals surface area contributed by atoms with Crippen LogP contribution in [0.4, 0.5) is 17.1 Å². The summed E-state index contributed by atoms with van der Waals surface area (Å²) in [6, 6.07) is 8.51. The van der Waals surface area contributed by atoms with E-state index in [2.05, 4.69) is 10.6 Å². The second kappa shape index (κ2) is 13.4. The standard InChI is InChI=1S/C24H30ClN5O6S/c1-15(32)36-13-23(33)28-19-9-17(3-4-20(19)29-8-7-16(26)11-29)30(14-31)12-18(35-2)10-27-24(34)21-5-6-22(25)37-21/h3-6,9,14,16,18H,7-8,10-13,26H2,1-2H3,(H,27,34)(H,28,33). The van der Waals surface area contributed by atoms with Gasteiger partial charge in [0.05, 0.1) is 33.2 Å². The summed E-state index contributed by atoms with van der Waals surface area (Å²) >= 11 is 7.06. The molecule has 1 aromatic heterocycles. The number of nitrogens with two attached hydrogens (primary N) is 1. The molecule has 37 heavy (non-hydrogen) atoms. The highest BCUT2D eigenvalue weighted by molar-refractivity contribution is 7.18. The minimum absolute atomic E-state index is 0.0126. The van der Waals surface area contributed by atoms with Crippen molar-refractivity contribution in [2.75, 3.05) is 55.0 Å². The first-order valence-corrected chi connectivity index (χ1v) is 12.8. The lowest BCUT2D eigenvalue weighted by molar-refractivity contribution is -0.144. The maximum Gasteiger partial charge on any atom is 0.303 e. The van der Waals surface area contributed by atoms with Crippen molar-refractivity contribution >= 4 is 64.2 Å². The van der Waals surface area contributed by atoms with Crippen molar-refractivity contribution in [1.29, 1.82) is 0 Å². The predicted octanol–water partition coefficient (Wildman–Crippen LogP) is 1.85. The lowest BCUT2D eigenvalue weighted by atomic mass is 10.2. The Hall–Kier alpha value is -3.19. The molecule has 11 nitrogen and oxygen atoms in total. The van der Waals surface area contributed by atoms with Crippen LogP contribution in [0.1, 0.15) is 23.0 Å². The van der Waals surface area contributed by atoms with Gasteiger partial charge in [-0.15, -0.1) is 11.3 Å². The fourth-order valence-electron chi connectivity index (χ4n) is 3.82. The van der Waals surface area contributed by atoms with E-state index in [9.17, 15) is 19.2 Å². The summed E-state index contributed by atoms with van der Waals surface area (Å²) in [6.07, 6.45) is 0.947. The molecule has 13 heteroatoms. The molecule has 1 fully saturated rings. The molecule has 3 amide bonds. The molecule has 1 aromatic carbocycles. The third-order valence-corrected chi connectivity index (χ3v) is 6.94. The second-order valence-electron chi connectivity index (χ2n) is 8.45. The number of nitrogens with zero attached hydrogens (tertiary/aromatic N) is 2. The Morgan fingerprint density at radius 2 is 2.11 bits per heavy atom. The Balaban J connectivity index is 1.74. The first kappa shape index (κ1) is 28.4. The summed E-state index contributed by atoms with van der Waals surface area (Å²) in [5.74, 6) is -1.37. The van der Waals surface area contributed by atoms with Crippen LogP contribution in [0.25, 0.3) is 0 Å². The number of esters is 1. The molecule has 2 heterocycles. The minimum atomic E-state index is -0.568. The first-order chi connectivity index (χ1) is 17.7. The van der Waals surface area contributed by atoms with Crippen molar-refractivity contribution in [2.45, 2.75) is 25.5 Å². The summed E-state index contributed by atoms with van der Waals surface area (Å²) < 4.78 is 10.8. The van der Waals surface area contributed by atoms with Crippen molar-refractivity contribution < 1.29 is 28.7 Å².